The van der Waals surface area contributed by atoms with Gasteiger partial charge < -0.3 is 15.0 Å². The summed E-state index contributed by atoms with van der Waals surface area (Å²) in [6, 6.07) is 11.2. The van der Waals surface area contributed by atoms with E-state index in [4.69, 9.17) is 16.3 Å². The van der Waals surface area contributed by atoms with Crippen LogP contribution in [0.15, 0.2) is 55.1 Å². The molecule has 0 atom stereocenters. The molecule has 0 aliphatic rings. The van der Waals surface area contributed by atoms with Crippen molar-refractivity contribution in [3.63, 3.8) is 0 Å². The standard InChI is InChI=1S/C19H16ClN5O/c1-2-12-3-5-14(10-22-12)26-17-6-4-13(9-15(17)20)25-19-18-16(7-8-21-18)23-11-24-19/h3-11,21H,2H2,1H3,(H,23,24,25). The van der Waals surface area contributed by atoms with Crippen molar-refractivity contribution in [3.05, 3.63) is 65.8 Å². The number of aromatic amines is 1. The number of pyridine rings is 1. The van der Waals surface area contributed by atoms with Gasteiger partial charge in [-0.05, 0) is 42.8 Å². The predicted molar refractivity (Wildman–Crippen MR) is 102 cm³/mol. The Labute approximate surface area is 155 Å². The second-order valence-electron chi connectivity index (χ2n) is 5.67. The van der Waals surface area contributed by atoms with Crippen LogP contribution in [0, 0.1) is 0 Å². The van der Waals surface area contributed by atoms with Crippen LogP contribution in [0.5, 0.6) is 11.5 Å². The highest BCUT2D eigenvalue weighted by Gasteiger charge is 2.08. The minimum atomic E-state index is 0.492. The lowest BCUT2D eigenvalue weighted by molar-refractivity contribution is 0.480. The molecule has 3 aromatic heterocycles. The van der Waals surface area contributed by atoms with Crippen LogP contribution in [-0.4, -0.2) is 19.9 Å². The Morgan fingerprint density at radius 2 is 2.04 bits per heavy atom. The Balaban J connectivity index is 1.54. The summed E-state index contributed by atoms with van der Waals surface area (Å²) in [7, 11) is 0. The van der Waals surface area contributed by atoms with E-state index in [0.717, 1.165) is 28.8 Å². The quantitative estimate of drug-likeness (QED) is 0.514. The van der Waals surface area contributed by atoms with Crippen molar-refractivity contribution >= 4 is 34.1 Å². The lowest BCUT2D eigenvalue weighted by Gasteiger charge is -2.11. The largest absolute Gasteiger partial charge is 0.454 e. The molecule has 0 bridgehead atoms. The fourth-order valence-corrected chi connectivity index (χ4v) is 2.79. The van der Waals surface area contributed by atoms with Gasteiger partial charge in [0.15, 0.2) is 5.82 Å². The van der Waals surface area contributed by atoms with Gasteiger partial charge in [-0.3, -0.25) is 4.98 Å². The molecule has 1 aromatic carbocycles. The number of aromatic nitrogens is 4. The number of nitrogens with one attached hydrogen (secondary N) is 2. The molecular formula is C19H16ClN5O. The van der Waals surface area contributed by atoms with Crippen molar-refractivity contribution in [3.8, 4) is 11.5 Å². The summed E-state index contributed by atoms with van der Waals surface area (Å²) in [5.41, 5.74) is 3.50. The molecule has 0 aliphatic heterocycles. The van der Waals surface area contributed by atoms with Crippen LogP contribution in [0.25, 0.3) is 11.0 Å². The van der Waals surface area contributed by atoms with E-state index in [0.29, 0.717) is 22.3 Å². The zero-order valence-corrected chi connectivity index (χ0v) is 14.8. The monoisotopic (exact) mass is 365 g/mol. The van der Waals surface area contributed by atoms with Crippen molar-refractivity contribution in [1.29, 1.82) is 0 Å². The number of ether oxygens (including phenoxy) is 1. The lowest BCUT2D eigenvalue weighted by atomic mass is 10.3. The van der Waals surface area contributed by atoms with Crippen molar-refractivity contribution in [2.24, 2.45) is 0 Å². The number of rotatable bonds is 5. The molecule has 3 heterocycles. The molecule has 0 saturated carbocycles. The van der Waals surface area contributed by atoms with E-state index in [9.17, 15) is 0 Å². The Kier molecular flexibility index (Phi) is 4.41. The van der Waals surface area contributed by atoms with Gasteiger partial charge in [0.25, 0.3) is 0 Å². The fraction of sp³-hybridized carbons (Fsp3) is 0.105. The van der Waals surface area contributed by atoms with E-state index in [1.807, 2.05) is 36.5 Å². The average molecular weight is 366 g/mol. The van der Waals surface area contributed by atoms with Crippen molar-refractivity contribution in [2.45, 2.75) is 13.3 Å². The first kappa shape index (κ1) is 16.4. The molecule has 130 valence electrons. The molecule has 0 fully saturated rings. The van der Waals surface area contributed by atoms with E-state index < -0.39 is 0 Å². The number of benzene rings is 1. The normalized spacial score (nSPS) is 10.8. The molecule has 4 rings (SSSR count). The van der Waals surface area contributed by atoms with Crippen LogP contribution in [0.4, 0.5) is 11.5 Å². The SMILES string of the molecule is CCc1ccc(Oc2ccc(Nc3ncnc4cc[nH]c34)cc2Cl)cn1. The molecule has 0 spiro atoms. The molecule has 26 heavy (non-hydrogen) atoms. The van der Waals surface area contributed by atoms with Gasteiger partial charge in [-0.15, -0.1) is 0 Å². The second-order valence-corrected chi connectivity index (χ2v) is 6.08. The maximum Gasteiger partial charge on any atom is 0.158 e. The number of nitrogens with zero attached hydrogens (tertiary/aromatic N) is 3. The average Bonchev–Trinajstić information content (AvgIpc) is 3.14. The number of anilines is 2. The number of hydrogen-bond acceptors (Lipinski definition) is 5. The van der Waals surface area contributed by atoms with E-state index in [1.54, 1.807) is 12.3 Å². The van der Waals surface area contributed by atoms with Crippen molar-refractivity contribution < 1.29 is 4.74 Å². The number of halogens is 1. The number of aryl methyl sites for hydroxylation is 1. The topological polar surface area (TPSA) is 75.7 Å². The maximum atomic E-state index is 6.38. The molecular weight excluding hydrogens is 350 g/mol. The summed E-state index contributed by atoms with van der Waals surface area (Å²) in [6.45, 7) is 2.06. The minimum absolute atomic E-state index is 0.492. The van der Waals surface area contributed by atoms with Gasteiger partial charge in [-0.1, -0.05) is 18.5 Å². The lowest BCUT2D eigenvalue weighted by Crippen LogP contribution is -1.96. The van der Waals surface area contributed by atoms with Gasteiger partial charge in [0.1, 0.15) is 23.3 Å². The third-order valence-electron chi connectivity index (χ3n) is 3.93. The smallest absolute Gasteiger partial charge is 0.158 e. The summed E-state index contributed by atoms with van der Waals surface area (Å²) >= 11 is 6.38. The highest BCUT2D eigenvalue weighted by molar-refractivity contribution is 6.32. The Morgan fingerprint density at radius 3 is 2.81 bits per heavy atom. The van der Waals surface area contributed by atoms with E-state index in [1.165, 1.54) is 6.33 Å². The van der Waals surface area contributed by atoms with E-state index >= 15 is 0 Å². The van der Waals surface area contributed by atoms with E-state index in [-0.39, 0.29) is 0 Å². The maximum absolute atomic E-state index is 6.38. The first-order valence-electron chi connectivity index (χ1n) is 8.20. The Bertz CT molecular complexity index is 1050. The van der Waals surface area contributed by atoms with E-state index in [2.05, 4.69) is 32.2 Å². The molecule has 0 saturated heterocycles. The molecule has 4 aromatic rings. The Hall–Kier alpha value is -3.12. The molecule has 6 nitrogen and oxygen atoms in total. The number of fused-ring (bicyclic) bond motifs is 1. The summed E-state index contributed by atoms with van der Waals surface area (Å²) in [4.78, 5) is 15.9. The van der Waals surface area contributed by atoms with Gasteiger partial charge in [-0.2, -0.15) is 0 Å². The van der Waals surface area contributed by atoms with Crippen LogP contribution in [0.3, 0.4) is 0 Å². The van der Waals surface area contributed by atoms with Crippen LogP contribution in [0.1, 0.15) is 12.6 Å². The second kappa shape index (κ2) is 7.01. The highest BCUT2D eigenvalue weighted by Crippen LogP contribution is 2.32. The molecule has 0 aliphatic carbocycles. The van der Waals surface area contributed by atoms with Gasteiger partial charge in [0, 0.05) is 17.6 Å². The van der Waals surface area contributed by atoms with Crippen LogP contribution >= 0.6 is 11.6 Å². The van der Waals surface area contributed by atoms with Crippen molar-refractivity contribution in [1.82, 2.24) is 19.9 Å². The zero-order valence-electron chi connectivity index (χ0n) is 14.0. The summed E-state index contributed by atoms with van der Waals surface area (Å²) < 4.78 is 5.82. The zero-order chi connectivity index (χ0) is 17.9. The Morgan fingerprint density at radius 1 is 1.12 bits per heavy atom. The third kappa shape index (κ3) is 3.32. The highest BCUT2D eigenvalue weighted by atomic mass is 35.5. The summed E-state index contributed by atoms with van der Waals surface area (Å²) in [5.74, 6) is 1.90. The first-order valence-corrected chi connectivity index (χ1v) is 8.58. The van der Waals surface area contributed by atoms with Crippen LogP contribution in [-0.2, 0) is 6.42 Å². The van der Waals surface area contributed by atoms with Gasteiger partial charge in [0.2, 0.25) is 0 Å². The van der Waals surface area contributed by atoms with Crippen molar-refractivity contribution in [2.75, 3.05) is 5.32 Å². The predicted octanol–water partition coefficient (Wildman–Crippen LogP) is 5.10. The molecule has 2 N–H and O–H groups in total. The van der Waals surface area contributed by atoms with Gasteiger partial charge >= 0.3 is 0 Å². The van der Waals surface area contributed by atoms with Gasteiger partial charge in [-0.25, -0.2) is 9.97 Å². The molecule has 0 unspecified atom stereocenters. The number of hydrogen-bond donors (Lipinski definition) is 2. The molecule has 7 heteroatoms. The summed E-state index contributed by atoms with van der Waals surface area (Å²) in [5, 5.41) is 3.74. The van der Waals surface area contributed by atoms with Crippen LogP contribution < -0.4 is 10.1 Å². The third-order valence-corrected chi connectivity index (χ3v) is 4.22. The molecule has 0 radical (unpaired) electrons. The first-order chi connectivity index (χ1) is 12.7. The molecule has 0 amide bonds. The fourth-order valence-electron chi connectivity index (χ4n) is 2.57. The summed E-state index contributed by atoms with van der Waals surface area (Å²) in [6.07, 6.45) is 5.93. The minimum Gasteiger partial charge on any atom is -0.454 e. The van der Waals surface area contributed by atoms with Crippen LogP contribution in [0.2, 0.25) is 5.02 Å². The number of H-pyrrole nitrogens is 1. The van der Waals surface area contributed by atoms with Gasteiger partial charge in [0.05, 0.1) is 16.7 Å².